The number of rotatable bonds is 3. The van der Waals surface area contributed by atoms with E-state index in [-0.39, 0.29) is 16.8 Å². The van der Waals surface area contributed by atoms with Crippen LogP contribution in [-0.4, -0.2) is 12.7 Å². The molecule has 3 nitrogen and oxygen atoms in total. The summed E-state index contributed by atoms with van der Waals surface area (Å²) >= 11 is 0. The Bertz CT molecular complexity index is 668. The third-order valence-electron chi connectivity index (χ3n) is 2.56. The maximum absolute atomic E-state index is 13.3. The summed E-state index contributed by atoms with van der Waals surface area (Å²) in [5, 5.41) is 0. The molecule has 2 aromatic carbocycles. The van der Waals surface area contributed by atoms with Gasteiger partial charge in [0.2, 0.25) is 0 Å². The molecule has 0 saturated carbocycles. The first-order valence-corrected chi connectivity index (χ1v) is 5.79. The lowest BCUT2D eigenvalue weighted by Gasteiger charge is -2.15. The van der Waals surface area contributed by atoms with E-state index in [2.05, 4.69) is 9.73 Å². The van der Waals surface area contributed by atoms with Crippen LogP contribution in [0.4, 0.5) is 23.2 Å². The fourth-order valence-corrected chi connectivity index (χ4v) is 1.85. The zero-order chi connectivity index (χ0) is 15.5. The van der Waals surface area contributed by atoms with Crippen molar-refractivity contribution in [2.45, 2.75) is 6.36 Å². The van der Waals surface area contributed by atoms with Gasteiger partial charge in [-0.3, -0.25) is 0 Å². The van der Waals surface area contributed by atoms with Gasteiger partial charge in [0.1, 0.15) is 11.6 Å². The van der Waals surface area contributed by atoms with Crippen LogP contribution in [0, 0.1) is 5.82 Å². The van der Waals surface area contributed by atoms with E-state index in [4.69, 9.17) is 5.73 Å². The molecule has 0 aliphatic carbocycles. The van der Waals surface area contributed by atoms with Gasteiger partial charge in [0.25, 0.3) is 0 Å². The number of alkyl halides is 3. The molecular formula is C14H10F4N2O. The van der Waals surface area contributed by atoms with Crippen molar-refractivity contribution in [3.63, 3.8) is 0 Å². The number of nitrogens with zero attached hydrogens (tertiary/aromatic N) is 1. The van der Waals surface area contributed by atoms with Crippen LogP contribution >= 0.6 is 0 Å². The number of nitrogens with two attached hydrogens (primary N) is 1. The van der Waals surface area contributed by atoms with Crippen molar-refractivity contribution in [3.8, 4) is 16.9 Å². The molecule has 2 rings (SSSR count). The third-order valence-corrected chi connectivity index (χ3v) is 2.56. The molecule has 0 unspecified atom stereocenters. The molecule has 0 saturated heterocycles. The summed E-state index contributed by atoms with van der Waals surface area (Å²) in [6.07, 6.45) is -3.93. The lowest BCUT2D eigenvalue weighted by Crippen LogP contribution is -2.17. The summed E-state index contributed by atoms with van der Waals surface area (Å²) in [4.78, 5) is 3.79. The average Bonchev–Trinajstić information content (AvgIpc) is 2.37. The maximum atomic E-state index is 13.3. The first-order chi connectivity index (χ1) is 9.90. The number of hydrogen-bond acceptors (Lipinski definition) is 2. The lowest BCUT2D eigenvalue weighted by atomic mass is 10.0. The van der Waals surface area contributed by atoms with Crippen LogP contribution < -0.4 is 10.5 Å². The molecule has 0 heterocycles. The van der Waals surface area contributed by atoms with Gasteiger partial charge in [-0.25, -0.2) is 9.38 Å². The SMILES string of the molecule is NC=Nc1cccc(OC(F)(F)F)c1-c1cccc(F)c1. The molecule has 2 aromatic rings. The molecular weight excluding hydrogens is 288 g/mol. The maximum Gasteiger partial charge on any atom is 0.573 e. The van der Waals surface area contributed by atoms with Gasteiger partial charge in [-0.15, -0.1) is 13.2 Å². The second-order valence-corrected chi connectivity index (χ2v) is 3.99. The smallest absolute Gasteiger partial charge is 0.405 e. The molecule has 0 atom stereocenters. The number of aliphatic imine (C=N–C) groups is 1. The second-order valence-electron chi connectivity index (χ2n) is 3.99. The monoisotopic (exact) mass is 298 g/mol. The number of hydrogen-bond donors (Lipinski definition) is 1. The second kappa shape index (κ2) is 5.82. The minimum Gasteiger partial charge on any atom is -0.405 e. The zero-order valence-corrected chi connectivity index (χ0v) is 10.6. The quantitative estimate of drug-likeness (QED) is 0.529. The summed E-state index contributed by atoms with van der Waals surface area (Å²) in [5.41, 5.74) is 5.54. The minimum atomic E-state index is -4.87. The summed E-state index contributed by atoms with van der Waals surface area (Å²) in [5.74, 6) is -1.06. The Morgan fingerprint density at radius 3 is 2.43 bits per heavy atom. The van der Waals surface area contributed by atoms with Gasteiger partial charge in [0.15, 0.2) is 0 Å². The minimum absolute atomic E-state index is 0.0102. The van der Waals surface area contributed by atoms with Crippen LogP contribution in [0.25, 0.3) is 11.1 Å². The molecule has 0 fully saturated rings. The Morgan fingerprint density at radius 2 is 1.81 bits per heavy atom. The number of benzene rings is 2. The van der Waals surface area contributed by atoms with Crippen LogP contribution in [0.15, 0.2) is 47.5 Å². The Balaban J connectivity index is 2.64. The topological polar surface area (TPSA) is 47.6 Å². The summed E-state index contributed by atoms with van der Waals surface area (Å²) in [6, 6.07) is 9.03. The van der Waals surface area contributed by atoms with Crippen molar-refractivity contribution in [1.82, 2.24) is 0 Å². The molecule has 0 aromatic heterocycles. The van der Waals surface area contributed by atoms with E-state index < -0.39 is 17.9 Å². The highest BCUT2D eigenvalue weighted by molar-refractivity contribution is 5.83. The van der Waals surface area contributed by atoms with Crippen LogP contribution in [0.1, 0.15) is 0 Å². The molecule has 0 spiro atoms. The van der Waals surface area contributed by atoms with E-state index in [1.807, 2.05) is 0 Å². The predicted octanol–water partition coefficient (Wildman–Crippen LogP) is 4.01. The van der Waals surface area contributed by atoms with Crippen molar-refractivity contribution in [2.24, 2.45) is 10.7 Å². The van der Waals surface area contributed by atoms with E-state index >= 15 is 0 Å². The van der Waals surface area contributed by atoms with Gasteiger partial charge < -0.3 is 10.5 Å². The van der Waals surface area contributed by atoms with Crippen LogP contribution in [0.5, 0.6) is 5.75 Å². The summed E-state index contributed by atoms with van der Waals surface area (Å²) in [7, 11) is 0. The summed E-state index contributed by atoms with van der Waals surface area (Å²) < 4.78 is 54.7. The van der Waals surface area contributed by atoms with E-state index in [1.165, 1.54) is 30.3 Å². The van der Waals surface area contributed by atoms with Gasteiger partial charge in [-0.05, 0) is 29.8 Å². The lowest BCUT2D eigenvalue weighted by molar-refractivity contribution is -0.274. The Morgan fingerprint density at radius 1 is 1.10 bits per heavy atom. The molecule has 0 aliphatic rings. The number of halogens is 4. The van der Waals surface area contributed by atoms with Crippen LogP contribution in [-0.2, 0) is 0 Å². The van der Waals surface area contributed by atoms with Gasteiger partial charge in [-0.1, -0.05) is 18.2 Å². The molecule has 0 bridgehead atoms. The highest BCUT2D eigenvalue weighted by Gasteiger charge is 2.32. The van der Waals surface area contributed by atoms with Crippen molar-refractivity contribution >= 4 is 12.0 Å². The van der Waals surface area contributed by atoms with Crippen molar-refractivity contribution < 1.29 is 22.3 Å². The van der Waals surface area contributed by atoms with Gasteiger partial charge in [0.05, 0.1) is 12.0 Å². The Kier molecular flexibility index (Phi) is 4.11. The van der Waals surface area contributed by atoms with Crippen molar-refractivity contribution in [2.75, 3.05) is 0 Å². The highest BCUT2D eigenvalue weighted by atomic mass is 19.4. The zero-order valence-electron chi connectivity index (χ0n) is 10.6. The van der Waals surface area contributed by atoms with E-state index in [9.17, 15) is 17.6 Å². The third kappa shape index (κ3) is 3.71. The van der Waals surface area contributed by atoms with Crippen molar-refractivity contribution in [1.29, 1.82) is 0 Å². The van der Waals surface area contributed by atoms with Crippen LogP contribution in [0.3, 0.4) is 0 Å². The van der Waals surface area contributed by atoms with E-state index in [0.717, 1.165) is 18.5 Å². The first kappa shape index (κ1) is 14.8. The molecule has 0 amide bonds. The molecule has 110 valence electrons. The van der Waals surface area contributed by atoms with E-state index in [0.29, 0.717) is 0 Å². The number of ether oxygens (including phenoxy) is 1. The Labute approximate surface area is 117 Å². The highest BCUT2D eigenvalue weighted by Crippen LogP contribution is 2.40. The van der Waals surface area contributed by atoms with Gasteiger partial charge in [-0.2, -0.15) is 0 Å². The molecule has 7 heteroatoms. The molecule has 0 aliphatic heterocycles. The largest absolute Gasteiger partial charge is 0.573 e. The molecule has 0 radical (unpaired) electrons. The van der Waals surface area contributed by atoms with Gasteiger partial charge >= 0.3 is 6.36 Å². The fourth-order valence-electron chi connectivity index (χ4n) is 1.85. The van der Waals surface area contributed by atoms with Crippen molar-refractivity contribution in [3.05, 3.63) is 48.3 Å². The predicted molar refractivity (Wildman–Crippen MR) is 70.9 cm³/mol. The fraction of sp³-hybridized carbons (Fsp3) is 0.0714. The average molecular weight is 298 g/mol. The Hall–Kier alpha value is -2.57. The normalized spacial score (nSPS) is 11.8. The van der Waals surface area contributed by atoms with E-state index in [1.54, 1.807) is 0 Å². The van der Waals surface area contributed by atoms with Gasteiger partial charge in [0, 0.05) is 5.56 Å². The standard InChI is InChI=1S/C14H10F4N2O/c15-10-4-1-3-9(7-10)13-11(20-8-19)5-2-6-12(13)21-14(16,17)18/h1-8H,(H2,19,20). The molecule has 21 heavy (non-hydrogen) atoms. The first-order valence-electron chi connectivity index (χ1n) is 5.79. The van der Waals surface area contributed by atoms with Crippen LogP contribution in [0.2, 0.25) is 0 Å². The molecule has 2 N–H and O–H groups in total. The summed E-state index contributed by atoms with van der Waals surface area (Å²) in [6.45, 7) is 0.